The zero-order valence-corrected chi connectivity index (χ0v) is 10.3. The Morgan fingerprint density at radius 2 is 1.50 bits per heavy atom. The third-order valence-electron chi connectivity index (χ3n) is 2.72. The van der Waals surface area contributed by atoms with Crippen molar-refractivity contribution in [2.24, 2.45) is 0 Å². The van der Waals surface area contributed by atoms with Gasteiger partial charge in [0.1, 0.15) is 5.75 Å². The van der Waals surface area contributed by atoms with Gasteiger partial charge in [0, 0.05) is 0 Å². The molecule has 2 aromatic carbocycles. The van der Waals surface area contributed by atoms with Crippen LogP contribution in [-0.4, -0.2) is 26.2 Å². The number of aromatic hydroxyl groups is 4. The number of hydrogen-bond acceptors (Lipinski definition) is 5. The first-order chi connectivity index (χ1) is 9.49. The fourth-order valence-corrected chi connectivity index (χ4v) is 1.61. The Hall–Kier alpha value is -2.95. The van der Waals surface area contributed by atoms with E-state index in [0.717, 1.165) is 6.07 Å². The van der Waals surface area contributed by atoms with Crippen LogP contribution in [0.15, 0.2) is 42.5 Å². The fourth-order valence-electron chi connectivity index (χ4n) is 1.61. The molecule has 2 aromatic rings. The SMILES string of the molecule is O=C(C=Cc1ccc(O)cc1)c1ccc(O)c(O)c1O. The lowest BCUT2D eigenvalue weighted by Crippen LogP contribution is -1.95. The predicted molar refractivity (Wildman–Crippen MR) is 72.9 cm³/mol. The quantitative estimate of drug-likeness (QED) is 0.391. The van der Waals surface area contributed by atoms with Gasteiger partial charge in [0.25, 0.3) is 0 Å². The summed E-state index contributed by atoms with van der Waals surface area (Å²) in [6, 6.07) is 8.53. The first-order valence-corrected chi connectivity index (χ1v) is 5.74. The Kier molecular flexibility index (Phi) is 3.61. The molecule has 0 aromatic heterocycles. The lowest BCUT2D eigenvalue weighted by atomic mass is 10.1. The second-order valence-electron chi connectivity index (χ2n) is 4.12. The minimum atomic E-state index is -0.728. The Morgan fingerprint density at radius 3 is 2.15 bits per heavy atom. The zero-order valence-electron chi connectivity index (χ0n) is 10.3. The molecule has 0 amide bonds. The average Bonchev–Trinajstić information content (AvgIpc) is 2.44. The molecule has 0 radical (unpaired) electrons. The molecule has 4 N–H and O–H groups in total. The van der Waals surface area contributed by atoms with Crippen molar-refractivity contribution < 1.29 is 25.2 Å². The van der Waals surface area contributed by atoms with Gasteiger partial charge in [-0.25, -0.2) is 0 Å². The molecule has 5 nitrogen and oxygen atoms in total. The molecule has 0 bridgehead atoms. The molecule has 0 heterocycles. The first kappa shape index (κ1) is 13.5. The molecule has 0 atom stereocenters. The summed E-state index contributed by atoms with van der Waals surface area (Å²) < 4.78 is 0. The van der Waals surface area contributed by atoms with Gasteiger partial charge in [-0.2, -0.15) is 0 Å². The summed E-state index contributed by atoms with van der Waals surface area (Å²) in [6.45, 7) is 0. The highest BCUT2D eigenvalue weighted by Gasteiger charge is 2.15. The molecule has 0 spiro atoms. The van der Waals surface area contributed by atoms with Crippen molar-refractivity contribution in [3.8, 4) is 23.0 Å². The fraction of sp³-hybridized carbons (Fsp3) is 0. The minimum absolute atomic E-state index is 0.115. The van der Waals surface area contributed by atoms with Crippen LogP contribution in [0.3, 0.4) is 0 Å². The van der Waals surface area contributed by atoms with Gasteiger partial charge in [-0.15, -0.1) is 0 Å². The third kappa shape index (κ3) is 2.72. The lowest BCUT2D eigenvalue weighted by molar-refractivity contribution is 0.104. The van der Waals surface area contributed by atoms with E-state index in [1.807, 2.05) is 0 Å². The van der Waals surface area contributed by atoms with Gasteiger partial charge in [0.2, 0.25) is 5.75 Å². The molecular weight excluding hydrogens is 260 g/mol. The highest BCUT2D eigenvalue weighted by Crippen LogP contribution is 2.37. The van der Waals surface area contributed by atoms with Crippen LogP contribution < -0.4 is 0 Å². The predicted octanol–water partition coefficient (Wildman–Crippen LogP) is 2.41. The van der Waals surface area contributed by atoms with Crippen molar-refractivity contribution in [2.75, 3.05) is 0 Å². The van der Waals surface area contributed by atoms with E-state index >= 15 is 0 Å². The van der Waals surface area contributed by atoms with Gasteiger partial charge < -0.3 is 20.4 Å². The Bertz CT molecular complexity index is 671. The maximum atomic E-state index is 11.9. The van der Waals surface area contributed by atoms with Crippen molar-refractivity contribution in [3.05, 3.63) is 53.6 Å². The van der Waals surface area contributed by atoms with Gasteiger partial charge >= 0.3 is 0 Å². The van der Waals surface area contributed by atoms with E-state index in [1.54, 1.807) is 12.1 Å². The number of allylic oxidation sites excluding steroid dienone is 1. The van der Waals surface area contributed by atoms with Crippen LogP contribution in [0.2, 0.25) is 0 Å². The van der Waals surface area contributed by atoms with E-state index in [4.69, 9.17) is 5.11 Å². The molecule has 0 aliphatic carbocycles. The summed E-state index contributed by atoms with van der Waals surface area (Å²) in [5.41, 5.74) is 0.578. The molecule has 0 aliphatic heterocycles. The number of benzene rings is 2. The highest BCUT2D eigenvalue weighted by molar-refractivity contribution is 6.09. The second-order valence-corrected chi connectivity index (χ2v) is 4.12. The topological polar surface area (TPSA) is 98.0 Å². The van der Waals surface area contributed by atoms with Gasteiger partial charge in [0.15, 0.2) is 17.3 Å². The average molecular weight is 272 g/mol. The number of carbonyl (C=O) groups excluding carboxylic acids is 1. The Labute approximate surface area is 114 Å². The Morgan fingerprint density at radius 1 is 0.850 bits per heavy atom. The van der Waals surface area contributed by atoms with Crippen LogP contribution in [0.1, 0.15) is 15.9 Å². The normalized spacial score (nSPS) is 10.8. The highest BCUT2D eigenvalue weighted by atomic mass is 16.3. The largest absolute Gasteiger partial charge is 0.508 e. The minimum Gasteiger partial charge on any atom is -0.508 e. The maximum Gasteiger partial charge on any atom is 0.201 e. The van der Waals surface area contributed by atoms with Crippen LogP contribution in [0.5, 0.6) is 23.0 Å². The van der Waals surface area contributed by atoms with Gasteiger partial charge in [-0.1, -0.05) is 18.2 Å². The van der Waals surface area contributed by atoms with E-state index in [1.165, 1.54) is 30.4 Å². The zero-order chi connectivity index (χ0) is 14.7. The summed E-state index contributed by atoms with van der Waals surface area (Å²) in [5.74, 6) is -2.29. The molecule has 20 heavy (non-hydrogen) atoms. The summed E-state index contributed by atoms with van der Waals surface area (Å²) >= 11 is 0. The number of hydrogen-bond donors (Lipinski definition) is 4. The van der Waals surface area contributed by atoms with Crippen molar-refractivity contribution in [1.29, 1.82) is 0 Å². The van der Waals surface area contributed by atoms with Gasteiger partial charge in [-0.05, 0) is 35.9 Å². The van der Waals surface area contributed by atoms with E-state index in [9.17, 15) is 20.1 Å². The number of rotatable bonds is 3. The summed E-state index contributed by atoms with van der Waals surface area (Å²) in [6.07, 6.45) is 2.73. The van der Waals surface area contributed by atoms with Crippen molar-refractivity contribution in [2.45, 2.75) is 0 Å². The second kappa shape index (κ2) is 5.36. The smallest absolute Gasteiger partial charge is 0.201 e. The molecule has 0 fully saturated rings. The summed E-state index contributed by atoms with van der Waals surface area (Å²) in [4.78, 5) is 11.9. The van der Waals surface area contributed by atoms with E-state index in [2.05, 4.69) is 0 Å². The van der Waals surface area contributed by atoms with E-state index in [0.29, 0.717) is 5.56 Å². The lowest BCUT2D eigenvalue weighted by Gasteiger charge is -2.04. The van der Waals surface area contributed by atoms with Crippen LogP contribution in [0.4, 0.5) is 0 Å². The van der Waals surface area contributed by atoms with E-state index in [-0.39, 0.29) is 11.3 Å². The van der Waals surface area contributed by atoms with Crippen LogP contribution in [0.25, 0.3) is 6.08 Å². The van der Waals surface area contributed by atoms with Gasteiger partial charge in [-0.3, -0.25) is 4.79 Å². The molecule has 0 unspecified atom stereocenters. The molecule has 0 aliphatic rings. The van der Waals surface area contributed by atoms with Gasteiger partial charge in [0.05, 0.1) is 5.56 Å². The molecule has 0 saturated carbocycles. The standard InChI is InChI=1S/C15H12O5/c16-10-4-1-9(2-5-10)3-7-12(17)11-6-8-13(18)15(20)14(11)19/h1-8,16,18-20H. The summed E-state index contributed by atoms with van der Waals surface area (Å²) in [7, 11) is 0. The molecule has 2 rings (SSSR count). The Balaban J connectivity index is 2.24. The van der Waals surface area contributed by atoms with Crippen molar-refractivity contribution >= 4 is 11.9 Å². The number of ketones is 1. The molecule has 102 valence electrons. The van der Waals surface area contributed by atoms with Crippen LogP contribution >= 0.6 is 0 Å². The first-order valence-electron chi connectivity index (χ1n) is 5.74. The molecule has 5 heteroatoms. The van der Waals surface area contributed by atoms with Crippen LogP contribution in [-0.2, 0) is 0 Å². The van der Waals surface area contributed by atoms with Crippen molar-refractivity contribution in [3.63, 3.8) is 0 Å². The van der Waals surface area contributed by atoms with Crippen LogP contribution in [0, 0.1) is 0 Å². The maximum absolute atomic E-state index is 11.9. The number of carbonyl (C=O) groups is 1. The summed E-state index contributed by atoms with van der Waals surface area (Å²) in [5, 5.41) is 37.2. The number of phenols is 4. The van der Waals surface area contributed by atoms with Crippen molar-refractivity contribution in [1.82, 2.24) is 0 Å². The molecular formula is C15H12O5. The van der Waals surface area contributed by atoms with E-state index < -0.39 is 23.0 Å². The number of phenolic OH excluding ortho intramolecular Hbond substituents is 4. The monoisotopic (exact) mass is 272 g/mol. The molecule has 0 saturated heterocycles. The third-order valence-corrected chi connectivity index (χ3v) is 2.72.